The first-order valence-electron chi connectivity index (χ1n) is 7.74. The fourth-order valence-electron chi connectivity index (χ4n) is 2.27. The van der Waals surface area contributed by atoms with Gasteiger partial charge in [0.25, 0.3) is 5.91 Å². The molecular weight excluding hydrogens is 346 g/mol. The van der Waals surface area contributed by atoms with E-state index in [4.69, 9.17) is 25.8 Å². The molecule has 0 saturated carbocycles. The van der Waals surface area contributed by atoms with E-state index in [2.05, 4.69) is 5.32 Å². The summed E-state index contributed by atoms with van der Waals surface area (Å²) < 4.78 is 16.1. The summed E-state index contributed by atoms with van der Waals surface area (Å²) in [4.78, 5) is 23.9. The van der Waals surface area contributed by atoms with Gasteiger partial charge in [-0.2, -0.15) is 0 Å². The number of esters is 1. The molecule has 0 fully saturated rings. The number of nitrogens with one attached hydrogen (secondary N) is 1. The Morgan fingerprint density at radius 1 is 1.08 bits per heavy atom. The molecule has 1 amide bonds. The second-order valence-electron chi connectivity index (χ2n) is 5.32. The highest BCUT2D eigenvalue weighted by Crippen LogP contribution is 2.32. The van der Waals surface area contributed by atoms with Crippen molar-refractivity contribution in [1.82, 2.24) is 0 Å². The monoisotopic (exact) mass is 361 g/mol. The molecule has 3 rings (SSSR count). The van der Waals surface area contributed by atoms with Crippen LogP contribution in [0.1, 0.15) is 16.8 Å². The standard InChI is InChI=1S/C18H16ClNO5/c19-14-5-2-1-4-13(14)18(22)25-11-17(21)20-12-6-7-15-16(10-12)24-9-3-8-23-15/h1-2,4-7,10H,3,8-9,11H2,(H,20,21). The first-order valence-corrected chi connectivity index (χ1v) is 8.12. The lowest BCUT2D eigenvalue weighted by Gasteiger charge is -2.11. The van der Waals surface area contributed by atoms with E-state index in [0.29, 0.717) is 30.4 Å². The predicted octanol–water partition coefficient (Wildman–Crippen LogP) is 3.30. The number of ether oxygens (including phenoxy) is 3. The third-order valence-corrected chi connectivity index (χ3v) is 3.79. The Morgan fingerprint density at radius 2 is 1.84 bits per heavy atom. The van der Waals surface area contributed by atoms with Gasteiger partial charge in [-0.3, -0.25) is 4.79 Å². The smallest absolute Gasteiger partial charge is 0.340 e. The van der Waals surface area contributed by atoms with E-state index in [-0.39, 0.29) is 10.6 Å². The van der Waals surface area contributed by atoms with Crippen LogP contribution in [0.5, 0.6) is 11.5 Å². The first-order chi connectivity index (χ1) is 12.1. The van der Waals surface area contributed by atoms with E-state index < -0.39 is 18.5 Å². The highest BCUT2D eigenvalue weighted by Gasteiger charge is 2.15. The highest BCUT2D eigenvalue weighted by atomic mass is 35.5. The van der Waals surface area contributed by atoms with Crippen molar-refractivity contribution < 1.29 is 23.8 Å². The Labute approximate surface area is 149 Å². The molecule has 1 aliphatic rings. The first kappa shape index (κ1) is 17.1. The van der Waals surface area contributed by atoms with E-state index in [1.54, 1.807) is 36.4 Å². The Kier molecular flexibility index (Phi) is 5.40. The maximum atomic E-state index is 12.0. The molecule has 0 saturated heterocycles. The number of halogens is 1. The summed E-state index contributed by atoms with van der Waals surface area (Å²) in [5.41, 5.74) is 0.746. The van der Waals surface area contributed by atoms with Crippen LogP contribution in [0.15, 0.2) is 42.5 Å². The number of fused-ring (bicyclic) bond motifs is 1. The van der Waals surface area contributed by atoms with Gasteiger partial charge in [0.1, 0.15) is 0 Å². The molecule has 0 bridgehead atoms. The summed E-state index contributed by atoms with van der Waals surface area (Å²) in [6.07, 6.45) is 0.800. The van der Waals surface area contributed by atoms with Gasteiger partial charge in [0.2, 0.25) is 0 Å². The van der Waals surface area contributed by atoms with Crippen LogP contribution >= 0.6 is 11.6 Å². The second kappa shape index (κ2) is 7.90. The van der Waals surface area contributed by atoms with Crippen LogP contribution in [0.4, 0.5) is 5.69 Å². The lowest BCUT2D eigenvalue weighted by atomic mass is 10.2. The van der Waals surface area contributed by atoms with Crippen LogP contribution < -0.4 is 14.8 Å². The van der Waals surface area contributed by atoms with Crippen molar-refractivity contribution in [2.75, 3.05) is 25.1 Å². The molecule has 0 aliphatic carbocycles. The summed E-state index contributed by atoms with van der Waals surface area (Å²) in [6, 6.07) is 11.6. The van der Waals surface area contributed by atoms with Gasteiger partial charge in [-0.25, -0.2) is 4.79 Å². The summed E-state index contributed by atoms with van der Waals surface area (Å²) in [7, 11) is 0. The fraction of sp³-hybridized carbons (Fsp3) is 0.222. The minimum absolute atomic E-state index is 0.215. The van der Waals surface area contributed by atoms with Gasteiger partial charge in [-0.05, 0) is 24.3 Å². The molecule has 1 N–H and O–H groups in total. The van der Waals surface area contributed by atoms with E-state index in [9.17, 15) is 9.59 Å². The van der Waals surface area contributed by atoms with Gasteiger partial charge in [-0.15, -0.1) is 0 Å². The van der Waals surface area contributed by atoms with Gasteiger partial charge < -0.3 is 19.5 Å². The highest BCUT2D eigenvalue weighted by molar-refractivity contribution is 6.33. The van der Waals surface area contributed by atoms with Crippen LogP contribution in [0, 0.1) is 0 Å². The number of carbonyl (C=O) groups is 2. The number of anilines is 1. The van der Waals surface area contributed by atoms with Gasteiger partial charge in [0.15, 0.2) is 18.1 Å². The van der Waals surface area contributed by atoms with Crippen LogP contribution in [-0.4, -0.2) is 31.7 Å². The van der Waals surface area contributed by atoms with Crippen LogP contribution in [0.3, 0.4) is 0 Å². The van der Waals surface area contributed by atoms with Gasteiger partial charge in [0.05, 0.1) is 23.8 Å². The summed E-state index contributed by atoms with van der Waals surface area (Å²) in [5, 5.41) is 2.92. The fourth-order valence-corrected chi connectivity index (χ4v) is 2.49. The Balaban J connectivity index is 1.57. The minimum Gasteiger partial charge on any atom is -0.490 e. The maximum Gasteiger partial charge on any atom is 0.340 e. The summed E-state index contributed by atoms with van der Waals surface area (Å²) in [5.74, 6) is 0.0957. The van der Waals surface area contributed by atoms with Crippen molar-refractivity contribution in [2.24, 2.45) is 0 Å². The molecule has 6 nitrogen and oxygen atoms in total. The molecule has 0 aromatic heterocycles. The number of hydrogen-bond acceptors (Lipinski definition) is 5. The van der Waals surface area contributed by atoms with Crippen molar-refractivity contribution in [1.29, 1.82) is 0 Å². The van der Waals surface area contributed by atoms with Gasteiger partial charge in [-0.1, -0.05) is 23.7 Å². The Hall–Kier alpha value is -2.73. The predicted molar refractivity (Wildman–Crippen MR) is 92.4 cm³/mol. The van der Waals surface area contributed by atoms with Crippen molar-refractivity contribution in [2.45, 2.75) is 6.42 Å². The topological polar surface area (TPSA) is 73.9 Å². The zero-order valence-corrected chi connectivity index (χ0v) is 14.0. The summed E-state index contributed by atoms with van der Waals surface area (Å²) in [6.45, 7) is 0.731. The van der Waals surface area contributed by atoms with Crippen molar-refractivity contribution in [3.8, 4) is 11.5 Å². The Morgan fingerprint density at radius 3 is 2.64 bits per heavy atom. The molecule has 25 heavy (non-hydrogen) atoms. The number of rotatable bonds is 4. The molecule has 2 aromatic rings. The average molecular weight is 362 g/mol. The molecule has 1 heterocycles. The van der Waals surface area contributed by atoms with Crippen molar-refractivity contribution in [3.63, 3.8) is 0 Å². The summed E-state index contributed by atoms with van der Waals surface area (Å²) >= 11 is 5.92. The van der Waals surface area contributed by atoms with E-state index in [1.807, 2.05) is 0 Å². The maximum absolute atomic E-state index is 12.0. The lowest BCUT2D eigenvalue weighted by molar-refractivity contribution is -0.119. The third-order valence-electron chi connectivity index (χ3n) is 3.46. The lowest BCUT2D eigenvalue weighted by Crippen LogP contribution is -2.21. The van der Waals surface area contributed by atoms with Crippen molar-refractivity contribution in [3.05, 3.63) is 53.1 Å². The molecule has 0 radical (unpaired) electrons. The third kappa shape index (κ3) is 4.42. The van der Waals surface area contributed by atoms with E-state index in [0.717, 1.165) is 6.42 Å². The minimum atomic E-state index is -0.653. The van der Waals surface area contributed by atoms with Crippen LogP contribution in [0.25, 0.3) is 0 Å². The zero-order chi connectivity index (χ0) is 17.6. The number of hydrogen-bond donors (Lipinski definition) is 1. The molecule has 0 atom stereocenters. The van der Waals surface area contributed by atoms with Crippen LogP contribution in [-0.2, 0) is 9.53 Å². The number of amides is 1. The Bertz CT molecular complexity index is 793. The second-order valence-corrected chi connectivity index (χ2v) is 5.72. The molecule has 7 heteroatoms. The molecule has 1 aliphatic heterocycles. The average Bonchev–Trinajstić information content (AvgIpc) is 2.85. The molecule has 0 spiro atoms. The SMILES string of the molecule is O=C(COC(=O)c1ccccc1Cl)Nc1ccc2c(c1)OCCCO2. The zero-order valence-electron chi connectivity index (χ0n) is 13.3. The van der Waals surface area contributed by atoms with Gasteiger partial charge >= 0.3 is 5.97 Å². The molecule has 2 aromatic carbocycles. The van der Waals surface area contributed by atoms with E-state index >= 15 is 0 Å². The van der Waals surface area contributed by atoms with E-state index in [1.165, 1.54) is 6.07 Å². The quantitative estimate of drug-likeness (QED) is 0.846. The van der Waals surface area contributed by atoms with Crippen molar-refractivity contribution >= 4 is 29.2 Å². The van der Waals surface area contributed by atoms with Gasteiger partial charge in [0, 0.05) is 18.2 Å². The molecule has 0 unspecified atom stereocenters. The molecule has 130 valence electrons. The largest absolute Gasteiger partial charge is 0.490 e. The molecular formula is C18H16ClNO5. The number of benzene rings is 2. The normalized spacial score (nSPS) is 12.8. The number of carbonyl (C=O) groups excluding carboxylic acids is 2. The van der Waals surface area contributed by atoms with Crippen LogP contribution in [0.2, 0.25) is 5.02 Å².